The minimum absolute atomic E-state index is 0.139. The number of nitrogen functional groups attached to an aromatic ring is 1. The third-order valence-corrected chi connectivity index (χ3v) is 4.95. The van der Waals surface area contributed by atoms with Crippen molar-refractivity contribution in [2.24, 2.45) is 0 Å². The second-order valence-electron chi connectivity index (χ2n) is 5.58. The van der Waals surface area contributed by atoms with Crippen LogP contribution in [-0.2, 0) is 11.0 Å². The number of alkyl halides is 3. The van der Waals surface area contributed by atoms with Crippen molar-refractivity contribution in [3.8, 4) is 0 Å². The van der Waals surface area contributed by atoms with Crippen molar-refractivity contribution >= 4 is 29.0 Å². The summed E-state index contributed by atoms with van der Waals surface area (Å²) in [6.07, 6.45) is -5.52. The Balaban J connectivity index is 2.34. The molecule has 11 heteroatoms. The van der Waals surface area contributed by atoms with Crippen LogP contribution in [0.3, 0.4) is 0 Å². The highest BCUT2D eigenvalue weighted by Crippen LogP contribution is 2.38. The third-order valence-electron chi connectivity index (χ3n) is 3.59. The molecule has 28 heavy (non-hydrogen) atoms. The summed E-state index contributed by atoms with van der Waals surface area (Å²) in [6, 6.07) is 6.32. The number of anilines is 2. The zero-order valence-corrected chi connectivity index (χ0v) is 14.9. The van der Waals surface area contributed by atoms with Crippen molar-refractivity contribution in [2.45, 2.75) is 29.7 Å². The number of rotatable bonds is 5. The van der Waals surface area contributed by atoms with Gasteiger partial charge in [0.05, 0.1) is 5.25 Å². The van der Waals surface area contributed by atoms with Gasteiger partial charge in [0.25, 0.3) is 0 Å². The molecule has 0 heterocycles. The van der Waals surface area contributed by atoms with Gasteiger partial charge in [0.1, 0.15) is 11.3 Å². The first-order chi connectivity index (χ1) is 13.0. The Morgan fingerprint density at radius 2 is 1.68 bits per heavy atom. The summed E-state index contributed by atoms with van der Waals surface area (Å²) in [6.45, 7) is 1.56. The fraction of sp³-hybridized carbons (Fsp3) is 0.235. The van der Waals surface area contributed by atoms with Gasteiger partial charge in [0.15, 0.2) is 23.3 Å². The van der Waals surface area contributed by atoms with Gasteiger partial charge in [-0.15, -0.1) is 11.8 Å². The molecule has 0 aromatic heterocycles. The Labute approximate surface area is 159 Å². The van der Waals surface area contributed by atoms with E-state index in [0.29, 0.717) is 10.6 Å². The molecular formula is C17H13F7N2OS. The van der Waals surface area contributed by atoms with E-state index in [9.17, 15) is 35.5 Å². The standard InChI is InChI=1S/C17H13F7N2OS/c1-2-9(28-8-5-3-4-7(25)6-8)16(27)26-15-13(20)11(18)10(17(22,23)24)12(19)14(15)21/h3-6,9H,2,25H2,1H3,(H,26,27). The molecule has 0 radical (unpaired) electrons. The quantitative estimate of drug-likeness (QED) is 0.293. The minimum atomic E-state index is -5.66. The Kier molecular flexibility index (Phi) is 6.48. The van der Waals surface area contributed by atoms with Crippen LogP contribution in [0.5, 0.6) is 0 Å². The molecule has 2 rings (SSSR count). The fourth-order valence-corrected chi connectivity index (χ4v) is 3.29. The van der Waals surface area contributed by atoms with E-state index in [1.54, 1.807) is 30.4 Å². The maximum absolute atomic E-state index is 13.9. The Morgan fingerprint density at radius 3 is 2.14 bits per heavy atom. The normalized spacial score (nSPS) is 12.7. The molecule has 3 N–H and O–H groups in total. The van der Waals surface area contributed by atoms with Gasteiger partial charge in [0, 0.05) is 10.6 Å². The molecule has 3 nitrogen and oxygen atoms in total. The van der Waals surface area contributed by atoms with E-state index >= 15 is 0 Å². The number of halogens is 7. The van der Waals surface area contributed by atoms with Crippen LogP contribution in [0.15, 0.2) is 29.2 Å². The number of hydrogen-bond donors (Lipinski definition) is 2. The van der Waals surface area contributed by atoms with Crippen LogP contribution in [0, 0.1) is 23.3 Å². The van der Waals surface area contributed by atoms with Crippen molar-refractivity contribution in [1.82, 2.24) is 0 Å². The second-order valence-corrected chi connectivity index (χ2v) is 6.86. The van der Waals surface area contributed by atoms with Crippen LogP contribution < -0.4 is 11.1 Å². The highest BCUT2D eigenvalue weighted by molar-refractivity contribution is 8.00. The lowest BCUT2D eigenvalue weighted by Crippen LogP contribution is -2.27. The van der Waals surface area contributed by atoms with Crippen LogP contribution in [0.25, 0.3) is 0 Å². The topological polar surface area (TPSA) is 55.1 Å². The van der Waals surface area contributed by atoms with Crippen molar-refractivity contribution in [3.63, 3.8) is 0 Å². The van der Waals surface area contributed by atoms with Gasteiger partial charge < -0.3 is 11.1 Å². The maximum Gasteiger partial charge on any atom is 0.422 e. The van der Waals surface area contributed by atoms with Gasteiger partial charge in [-0.05, 0) is 24.6 Å². The molecule has 1 amide bonds. The smallest absolute Gasteiger partial charge is 0.399 e. The molecule has 1 atom stereocenters. The summed E-state index contributed by atoms with van der Waals surface area (Å²) in [5.74, 6) is -11.0. The predicted octanol–water partition coefficient (Wildman–Crippen LogP) is 5.35. The number of carbonyl (C=O) groups excluding carboxylic acids is 1. The molecule has 0 aliphatic heterocycles. The molecule has 0 fully saturated rings. The van der Waals surface area contributed by atoms with Crippen molar-refractivity contribution < 1.29 is 35.5 Å². The fourth-order valence-electron chi connectivity index (χ4n) is 2.27. The van der Waals surface area contributed by atoms with Gasteiger partial charge in [-0.2, -0.15) is 13.2 Å². The molecule has 1 unspecified atom stereocenters. The Hall–Kier alpha value is -2.43. The third kappa shape index (κ3) is 4.51. The van der Waals surface area contributed by atoms with E-state index in [1.165, 1.54) is 6.07 Å². The van der Waals surface area contributed by atoms with Crippen molar-refractivity contribution in [3.05, 3.63) is 53.1 Å². The first kappa shape index (κ1) is 21.9. The molecule has 152 valence electrons. The van der Waals surface area contributed by atoms with Gasteiger partial charge in [-0.3, -0.25) is 4.79 Å². The minimum Gasteiger partial charge on any atom is -0.399 e. The maximum atomic E-state index is 13.9. The Morgan fingerprint density at radius 1 is 1.11 bits per heavy atom. The van der Waals surface area contributed by atoms with E-state index in [0.717, 1.165) is 11.8 Å². The lowest BCUT2D eigenvalue weighted by molar-refractivity contribution is -0.143. The van der Waals surface area contributed by atoms with Crippen molar-refractivity contribution in [2.75, 3.05) is 11.1 Å². The number of amides is 1. The lowest BCUT2D eigenvalue weighted by atomic mass is 10.1. The van der Waals surface area contributed by atoms with Crippen LogP contribution in [0.1, 0.15) is 18.9 Å². The average Bonchev–Trinajstić information content (AvgIpc) is 2.60. The number of nitrogens with two attached hydrogens (primary N) is 1. The average molecular weight is 426 g/mol. The summed E-state index contributed by atoms with van der Waals surface area (Å²) >= 11 is 0.953. The SMILES string of the molecule is CCC(Sc1cccc(N)c1)C(=O)Nc1c(F)c(F)c(C(F)(F)F)c(F)c1F. The monoisotopic (exact) mass is 426 g/mol. The van der Waals surface area contributed by atoms with E-state index in [-0.39, 0.29) is 6.42 Å². The van der Waals surface area contributed by atoms with E-state index in [2.05, 4.69) is 0 Å². The number of carbonyl (C=O) groups is 1. The molecule has 0 spiro atoms. The summed E-state index contributed by atoms with van der Waals surface area (Å²) < 4.78 is 93.0. The van der Waals surface area contributed by atoms with Crippen LogP contribution in [0.2, 0.25) is 0 Å². The summed E-state index contributed by atoms with van der Waals surface area (Å²) in [5.41, 5.74) is 1.67. The van der Waals surface area contributed by atoms with Crippen LogP contribution in [-0.4, -0.2) is 11.2 Å². The highest BCUT2D eigenvalue weighted by Gasteiger charge is 2.42. The van der Waals surface area contributed by atoms with Gasteiger partial charge >= 0.3 is 6.18 Å². The van der Waals surface area contributed by atoms with E-state index in [1.807, 2.05) is 0 Å². The molecular weight excluding hydrogens is 413 g/mol. The van der Waals surface area contributed by atoms with Gasteiger partial charge in [0.2, 0.25) is 5.91 Å². The molecule has 0 saturated carbocycles. The summed E-state index contributed by atoms with van der Waals surface area (Å²) in [4.78, 5) is 12.8. The van der Waals surface area contributed by atoms with Crippen molar-refractivity contribution in [1.29, 1.82) is 0 Å². The number of nitrogens with one attached hydrogen (secondary N) is 1. The second kappa shape index (κ2) is 8.29. The molecule has 0 saturated heterocycles. The molecule has 0 bridgehead atoms. The highest BCUT2D eigenvalue weighted by atomic mass is 32.2. The van der Waals surface area contributed by atoms with Crippen LogP contribution >= 0.6 is 11.8 Å². The number of thioether (sulfide) groups is 1. The first-order valence-corrected chi connectivity index (χ1v) is 8.61. The number of benzene rings is 2. The van der Waals surface area contributed by atoms with Gasteiger partial charge in [-0.25, -0.2) is 17.6 Å². The Bertz CT molecular complexity index is 873. The van der Waals surface area contributed by atoms with Gasteiger partial charge in [-0.1, -0.05) is 13.0 Å². The molecule has 2 aromatic rings. The predicted molar refractivity (Wildman–Crippen MR) is 90.7 cm³/mol. The lowest BCUT2D eigenvalue weighted by Gasteiger charge is -2.18. The first-order valence-electron chi connectivity index (χ1n) is 7.73. The zero-order chi connectivity index (χ0) is 21.2. The molecule has 0 aliphatic carbocycles. The molecule has 0 aliphatic rings. The largest absolute Gasteiger partial charge is 0.422 e. The zero-order valence-electron chi connectivity index (χ0n) is 14.1. The summed E-state index contributed by atoms with van der Waals surface area (Å²) in [5, 5.41) is 0.672. The van der Waals surface area contributed by atoms with Crippen LogP contribution in [0.4, 0.5) is 42.1 Å². The molecule has 2 aromatic carbocycles. The number of hydrogen-bond acceptors (Lipinski definition) is 3. The van der Waals surface area contributed by atoms with E-state index in [4.69, 9.17) is 5.73 Å². The summed E-state index contributed by atoms with van der Waals surface area (Å²) in [7, 11) is 0. The van der Waals surface area contributed by atoms with E-state index < -0.39 is 51.9 Å².